The van der Waals surface area contributed by atoms with Crippen LogP contribution in [0.25, 0.3) is 0 Å². The standard InChI is InChI=1S/C16H17ClN2O3/c1-19-9-5-7-12(16(19)21)15(20)18-10-14(22-2)11-6-3-4-8-13(11)17/h3-9,14H,10H2,1-2H3,(H,18,20)/t14-/m0/s1. The Kier molecular flexibility index (Phi) is 5.35. The molecular weight excluding hydrogens is 304 g/mol. The van der Waals surface area contributed by atoms with Crippen molar-refractivity contribution in [2.75, 3.05) is 13.7 Å². The Morgan fingerprint density at radius 3 is 2.73 bits per heavy atom. The summed E-state index contributed by atoms with van der Waals surface area (Å²) in [5.41, 5.74) is 0.540. The highest BCUT2D eigenvalue weighted by molar-refractivity contribution is 6.31. The SMILES string of the molecule is CO[C@@H](CNC(=O)c1cccn(C)c1=O)c1ccccc1Cl. The largest absolute Gasteiger partial charge is 0.375 e. The van der Waals surface area contributed by atoms with Crippen LogP contribution in [0.2, 0.25) is 5.02 Å². The van der Waals surface area contributed by atoms with Gasteiger partial charge in [0.05, 0.1) is 0 Å². The van der Waals surface area contributed by atoms with Crippen LogP contribution in [0.3, 0.4) is 0 Å². The molecule has 0 saturated heterocycles. The average Bonchev–Trinajstić information content (AvgIpc) is 2.52. The van der Waals surface area contributed by atoms with E-state index in [2.05, 4.69) is 5.32 Å². The van der Waals surface area contributed by atoms with Gasteiger partial charge in [-0.15, -0.1) is 0 Å². The van der Waals surface area contributed by atoms with Crippen LogP contribution < -0.4 is 10.9 Å². The summed E-state index contributed by atoms with van der Waals surface area (Å²) in [6, 6.07) is 10.4. The number of rotatable bonds is 5. The number of carbonyl (C=O) groups is 1. The Hall–Kier alpha value is -2.11. The molecule has 1 N–H and O–H groups in total. The summed E-state index contributed by atoms with van der Waals surface area (Å²) in [6.45, 7) is 0.219. The number of aromatic nitrogens is 1. The maximum absolute atomic E-state index is 12.1. The van der Waals surface area contributed by atoms with Crippen LogP contribution in [0.4, 0.5) is 0 Å². The number of pyridine rings is 1. The van der Waals surface area contributed by atoms with Crippen LogP contribution in [-0.2, 0) is 11.8 Å². The van der Waals surface area contributed by atoms with E-state index in [1.54, 1.807) is 32.5 Å². The third-order valence-electron chi connectivity index (χ3n) is 3.35. The number of halogens is 1. The minimum atomic E-state index is -0.435. The van der Waals surface area contributed by atoms with Crippen LogP contribution in [0.5, 0.6) is 0 Å². The van der Waals surface area contributed by atoms with Crippen molar-refractivity contribution in [3.05, 3.63) is 69.1 Å². The Labute approximate surface area is 133 Å². The van der Waals surface area contributed by atoms with Gasteiger partial charge in [0.1, 0.15) is 11.7 Å². The lowest BCUT2D eigenvalue weighted by atomic mass is 10.1. The van der Waals surface area contributed by atoms with Gasteiger partial charge in [-0.1, -0.05) is 29.8 Å². The highest BCUT2D eigenvalue weighted by Crippen LogP contribution is 2.24. The minimum absolute atomic E-state index is 0.0963. The lowest BCUT2D eigenvalue weighted by Gasteiger charge is -2.17. The molecule has 0 spiro atoms. The monoisotopic (exact) mass is 320 g/mol. The topological polar surface area (TPSA) is 60.3 Å². The summed E-state index contributed by atoms with van der Waals surface area (Å²) < 4.78 is 6.73. The number of amides is 1. The third-order valence-corrected chi connectivity index (χ3v) is 3.70. The minimum Gasteiger partial charge on any atom is -0.375 e. The molecule has 1 heterocycles. The molecule has 1 aromatic carbocycles. The second kappa shape index (κ2) is 7.24. The molecule has 116 valence electrons. The zero-order valence-electron chi connectivity index (χ0n) is 12.4. The number of ether oxygens (including phenoxy) is 1. The van der Waals surface area contributed by atoms with Crippen molar-refractivity contribution in [2.45, 2.75) is 6.10 Å². The Morgan fingerprint density at radius 1 is 1.32 bits per heavy atom. The number of carbonyl (C=O) groups excluding carboxylic acids is 1. The molecule has 1 aromatic heterocycles. The second-order valence-electron chi connectivity index (χ2n) is 4.79. The number of nitrogens with zero attached hydrogens (tertiary/aromatic N) is 1. The molecule has 22 heavy (non-hydrogen) atoms. The summed E-state index contributed by atoms with van der Waals surface area (Å²) in [5.74, 6) is -0.435. The number of aryl methyl sites for hydroxylation is 1. The summed E-state index contributed by atoms with van der Waals surface area (Å²) in [6.07, 6.45) is 1.21. The molecule has 6 heteroatoms. The van der Waals surface area contributed by atoms with Crippen molar-refractivity contribution in [2.24, 2.45) is 7.05 Å². The number of nitrogens with one attached hydrogen (secondary N) is 1. The van der Waals surface area contributed by atoms with Crippen molar-refractivity contribution < 1.29 is 9.53 Å². The summed E-state index contributed by atoms with van der Waals surface area (Å²) in [7, 11) is 3.14. The molecule has 1 amide bonds. The molecule has 2 aromatic rings. The van der Waals surface area contributed by atoms with Gasteiger partial charge in [-0.25, -0.2) is 0 Å². The van der Waals surface area contributed by atoms with Gasteiger partial charge in [0.25, 0.3) is 11.5 Å². The molecule has 0 bridgehead atoms. The van der Waals surface area contributed by atoms with Gasteiger partial charge in [-0.2, -0.15) is 0 Å². The Bertz CT molecular complexity index is 727. The zero-order chi connectivity index (χ0) is 16.1. The number of hydrogen-bond donors (Lipinski definition) is 1. The third kappa shape index (κ3) is 3.55. The van der Waals surface area contributed by atoms with Crippen LogP contribution in [0.15, 0.2) is 47.4 Å². The van der Waals surface area contributed by atoms with E-state index in [0.29, 0.717) is 5.02 Å². The van der Waals surface area contributed by atoms with Crippen LogP contribution in [-0.4, -0.2) is 24.1 Å². The molecular formula is C16H17ClN2O3. The second-order valence-corrected chi connectivity index (χ2v) is 5.20. The van der Waals surface area contributed by atoms with Crippen molar-refractivity contribution in [1.82, 2.24) is 9.88 Å². The van der Waals surface area contributed by atoms with Gasteiger partial charge in [0.15, 0.2) is 0 Å². The lowest BCUT2D eigenvalue weighted by Crippen LogP contribution is -2.34. The highest BCUT2D eigenvalue weighted by atomic mass is 35.5. The first-order valence-corrected chi connectivity index (χ1v) is 7.13. The van der Waals surface area contributed by atoms with Crippen molar-refractivity contribution in [3.8, 4) is 0 Å². The van der Waals surface area contributed by atoms with E-state index in [4.69, 9.17) is 16.3 Å². The quantitative estimate of drug-likeness (QED) is 0.918. The lowest BCUT2D eigenvalue weighted by molar-refractivity contribution is 0.0826. The summed E-state index contributed by atoms with van der Waals surface area (Å²) in [4.78, 5) is 24.0. The van der Waals surface area contributed by atoms with Gasteiger partial charge in [-0.3, -0.25) is 9.59 Å². The number of methoxy groups -OCH3 is 1. The first kappa shape index (κ1) is 16.3. The molecule has 0 aliphatic heterocycles. The van der Waals surface area contributed by atoms with Gasteiger partial charge < -0.3 is 14.6 Å². The molecule has 0 saturated carbocycles. The molecule has 0 aliphatic rings. The molecule has 5 nitrogen and oxygen atoms in total. The fraction of sp³-hybridized carbons (Fsp3) is 0.250. The van der Waals surface area contributed by atoms with Gasteiger partial charge in [0, 0.05) is 37.5 Å². The Morgan fingerprint density at radius 2 is 2.05 bits per heavy atom. The summed E-state index contributed by atoms with van der Waals surface area (Å²) >= 11 is 6.13. The van der Waals surface area contributed by atoms with E-state index in [0.717, 1.165) is 5.56 Å². The van der Waals surface area contributed by atoms with Crippen molar-refractivity contribution >= 4 is 17.5 Å². The smallest absolute Gasteiger partial charge is 0.263 e. The fourth-order valence-corrected chi connectivity index (χ4v) is 2.36. The normalized spacial score (nSPS) is 12.0. The highest BCUT2D eigenvalue weighted by Gasteiger charge is 2.17. The molecule has 0 unspecified atom stereocenters. The van der Waals surface area contributed by atoms with Gasteiger partial charge >= 0.3 is 0 Å². The maximum atomic E-state index is 12.1. The van der Waals surface area contributed by atoms with Crippen molar-refractivity contribution in [1.29, 1.82) is 0 Å². The maximum Gasteiger partial charge on any atom is 0.263 e. The predicted octanol–water partition coefficient (Wildman–Crippen LogP) is 2.16. The van der Waals surface area contributed by atoms with Gasteiger partial charge in [0.2, 0.25) is 0 Å². The van der Waals surface area contributed by atoms with E-state index in [-0.39, 0.29) is 23.8 Å². The Balaban J connectivity index is 2.11. The fourth-order valence-electron chi connectivity index (χ4n) is 2.11. The average molecular weight is 321 g/mol. The predicted molar refractivity (Wildman–Crippen MR) is 85.2 cm³/mol. The van der Waals surface area contributed by atoms with E-state index in [9.17, 15) is 9.59 Å². The van der Waals surface area contributed by atoms with Crippen LogP contribution in [0, 0.1) is 0 Å². The molecule has 0 fully saturated rings. The number of hydrogen-bond acceptors (Lipinski definition) is 3. The van der Waals surface area contributed by atoms with Gasteiger partial charge in [-0.05, 0) is 18.2 Å². The first-order valence-electron chi connectivity index (χ1n) is 6.75. The molecule has 0 aliphatic carbocycles. The molecule has 1 atom stereocenters. The summed E-state index contributed by atoms with van der Waals surface area (Å²) in [5, 5.41) is 3.28. The van der Waals surface area contributed by atoms with E-state index >= 15 is 0 Å². The van der Waals surface area contributed by atoms with Crippen LogP contribution in [0.1, 0.15) is 22.0 Å². The molecule has 0 radical (unpaired) electrons. The van der Waals surface area contributed by atoms with E-state index in [1.807, 2.05) is 18.2 Å². The first-order chi connectivity index (χ1) is 10.5. The number of benzene rings is 1. The van der Waals surface area contributed by atoms with Crippen LogP contribution >= 0.6 is 11.6 Å². The molecule has 2 rings (SSSR count). The van der Waals surface area contributed by atoms with E-state index in [1.165, 1.54) is 10.6 Å². The van der Waals surface area contributed by atoms with E-state index < -0.39 is 5.91 Å². The van der Waals surface area contributed by atoms with Crippen molar-refractivity contribution in [3.63, 3.8) is 0 Å². The zero-order valence-corrected chi connectivity index (χ0v) is 13.1.